The van der Waals surface area contributed by atoms with Crippen LogP contribution in [0.15, 0.2) is 0 Å². The van der Waals surface area contributed by atoms with Crippen molar-refractivity contribution in [2.75, 3.05) is 12.4 Å². The van der Waals surface area contributed by atoms with Gasteiger partial charge in [-0.05, 0) is 12.8 Å². The Kier molecular flexibility index (Phi) is 4.48. The predicted molar refractivity (Wildman–Crippen MR) is 61.3 cm³/mol. The van der Waals surface area contributed by atoms with Crippen LogP contribution in [0.1, 0.15) is 36.5 Å². The van der Waals surface area contributed by atoms with Gasteiger partial charge in [-0.15, -0.1) is 10.2 Å². The molecule has 6 heteroatoms. The molecule has 0 aliphatic heterocycles. The molecule has 84 valence electrons. The molecule has 1 aromatic heterocycles. The summed E-state index contributed by atoms with van der Waals surface area (Å²) in [5, 5.41) is 14.4. The highest BCUT2D eigenvalue weighted by molar-refractivity contribution is 7.17. The first-order valence-electron chi connectivity index (χ1n) is 5.03. The summed E-state index contributed by atoms with van der Waals surface area (Å²) in [6.45, 7) is 4.10. The number of carbonyl (C=O) groups excluding carboxylic acids is 1. The summed E-state index contributed by atoms with van der Waals surface area (Å²) in [7, 11) is 1.75. The number of amides is 1. The fourth-order valence-corrected chi connectivity index (χ4v) is 1.76. The summed E-state index contributed by atoms with van der Waals surface area (Å²) in [5.74, 6) is -0.136. The van der Waals surface area contributed by atoms with Crippen molar-refractivity contribution in [1.82, 2.24) is 15.5 Å². The molecule has 1 amide bonds. The monoisotopic (exact) mass is 228 g/mol. The Balaban J connectivity index is 2.60. The number of rotatable bonds is 5. The number of nitrogens with one attached hydrogen (secondary N) is 2. The van der Waals surface area contributed by atoms with Gasteiger partial charge in [0, 0.05) is 13.1 Å². The first-order chi connectivity index (χ1) is 7.21. The number of hydrogen-bond acceptors (Lipinski definition) is 5. The second kappa shape index (κ2) is 5.65. The van der Waals surface area contributed by atoms with Crippen LogP contribution in [0.3, 0.4) is 0 Å². The lowest BCUT2D eigenvalue weighted by atomic mass is 10.2. The highest BCUT2D eigenvalue weighted by Crippen LogP contribution is 2.14. The predicted octanol–water partition coefficient (Wildman–Crippen LogP) is 1.50. The maximum atomic E-state index is 11.7. The van der Waals surface area contributed by atoms with Crippen LogP contribution in [-0.2, 0) is 0 Å². The van der Waals surface area contributed by atoms with Crippen LogP contribution in [0.25, 0.3) is 0 Å². The molecule has 0 spiro atoms. The highest BCUT2D eigenvalue weighted by Gasteiger charge is 2.14. The van der Waals surface area contributed by atoms with Gasteiger partial charge < -0.3 is 10.6 Å². The quantitative estimate of drug-likeness (QED) is 0.801. The van der Waals surface area contributed by atoms with E-state index < -0.39 is 0 Å². The van der Waals surface area contributed by atoms with Gasteiger partial charge >= 0.3 is 0 Å². The van der Waals surface area contributed by atoms with Crippen LogP contribution < -0.4 is 10.6 Å². The minimum atomic E-state index is -0.136. The van der Waals surface area contributed by atoms with Gasteiger partial charge in [-0.25, -0.2) is 0 Å². The lowest BCUT2D eigenvalue weighted by Crippen LogP contribution is -2.33. The minimum Gasteiger partial charge on any atom is -0.363 e. The van der Waals surface area contributed by atoms with Crippen molar-refractivity contribution >= 4 is 22.4 Å². The van der Waals surface area contributed by atoms with E-state index >= 15 is 0 Å². The van der Waals surface area contributed by atoms with Gasteiger partial charge in [-0.2, -0.15) is 0 Å². The van der Waals surface area contributed by atoms with E-state index in [1.165, 1.54) is 11.3 Å². The lowest BCUT2D eigenvalue weighted by molar-refractivity contribution is 0.0934. The fourth-order valence-electron chi connectivity index (χ4n) is 1.16. The molecule has 1 heterocycles. The van der Waals surface area contributed by atoms with Gasteiger partial charge in [0.05, 0.1) is 0 Å². The molecule has 1 aromatic rings. The van der Waals surface area contributed by atoms with Crippen LogP contribution in [0.5, 0.6) is 0 Å². The van der Waals surface area contributed by atoms with E-state index in [9.17, 15) is 4.79 Å². The third-order valence-corrected chi connectivity index (χ3v) is 3.09. The van der Waals surface area contributed by atoms with Crippen molar-refractivity contribution in [2.45, 2.75) is 32.7 Å². The van der Waals surface area contributed by atoms with Crippen molar-refractivity contribution in [3.8, 4) is 0 Å². The Morgan fingerprint density at radius 2 is 2.07 bits per heavy atom. The number of aromatic nitrogens is 2. The Morgan fingerprint density at radius 3 is 2.53 bits per heavy atom. The maximum absolute atomic E-state index is 11.7. The highest BCUT2D eigenvalue weighted by atomic mass is 32.1. The van der Waals surface area contributed by atoms with Crippen molar-refractivity contribution < 1.29 is 4.79 Å². The lowest BCUT2D eigenvalue weighted by Gasteiger charge is -2.12. The second-order valence-electron chi connectivity index (χ2n) is 3.15. The normalized spacial score (nSPS) is 10.4. The van der Waals surface area contributed by atoms with Gasteiger partial charge in [0.1, 0.15) is 0 Å². The molecule has 0 bridgehead atoms. The summed E-state index contributed by atoms with van der Waals surface area (Å²) in [4.78, 5) is 11.7. The van der Waals surface area contributed by atoms with Gasteiger partial charge in [0.2, 0.25) is 10.1 Å². The van der Waals surface area contributed by atoms with E-state index in [1.807, 2.05) is 13.8 Å². The summed E-state index contributed by atoms with van der Waals surface area (Å²) < 4.78 is 0. The SMILES string of the molecule is CCC(CC)NC(=O)c1nnc(NC)s1. The van der Waals surface area contributed by atoms with E-state index in [-0.39, 0.29) is 11.9 Å². The van der Waals surface area contributed by atoms with Crippen molar-refractivity contribution in [2.24, 2.45) is 0 Å². The molecular formula is C9H16N4OS. The molecule has 0 saturated heterocycles. The van der Waals surface area contributed by atoms with E-state index in [1.54, 1.807) is 7.05 Å². The van der Waals surface area contributed by atoms with E-state index in [0.29, 0.717) is 10.1 Å². The topological polar surface area (TPSA) is 66.9 Å². The summed E-state index contributed by atoms with van der Waals surface area (Å²) in [6.07, 6.45) is 1.86. The van der Waals surface area contributed by atoms with E-state index in [4.69, 9.17) is 0 Å². The molecule has 0 radical (unpaired) electrons. The van der Waals surface area contributed by atoms with Crippen LogP contribution in [-0.4, -0.2) is 29.2 Å². The zero-order chi connectivity index (χ0) is 11.3. The summed E-state index contributed by atoms with van der Waals surface area (Å²) >= 11 is 1.26. The van der Waals surface area contributed by atoms with Gasteiger partial charge in [0.15, 0.2) is 0 Å². The summed E-state index contributed by atoms with van der Waals surface area (Å²) in [5.41, 5.74) is 0. The smallest absolute Gasteiger partial charge is 0.282 e. The van der Waals surface area contributed by atoms with Crippen LogP contribution in [0.4, 0.5) is 5.13 Å². The average molecular weight is 228 g/mol. The van der Waals surface area contributed by atoms with Crippen LogP contribution in [0, 0.1) is 0 Å². The van der Waals surface area contributed by atoms with Gasteiger partial charge in [-0.3, -0.25) is 4.79 Å². The third kappa shape index (κ3) is 3.16. The first-order valence-corrected chi connectivity index (χ1v) is 5.85. The van der Waals surface area contributed by atoms with Crippen LogP contribution >= 0.6 is 11.3 Å². The molecule has 5 nitrogen and oxygen atoms in total. The van der Waals surface area contributed by atoms with Crippen LogP contribution in [0.2, 0.25) is 0 Å². The Morgan fingerprint density at radius 1 is 1.40 bits per heavy atom. The first kappa shape index (κ1) is 11.9. The second-order valence-corrected chi connectivity index (χ2v) is 4.13. The van der Waals surface area contributed by atoms with Crippen molar-refractivity contribution in [3.63, 3.8) is 0 Å². The third-order valence-electron chi connectivity index (χ3n) is 2.15. The number of nitrogens with zero attached hydrogens (tertiary/aromatic N) is 2. The average Bonchev–Trinajstić information content (AvgIpc) is 2.74. The maximum Gasteiger partial charge on any atom is 0.282 e. The number of hydrogen-bond donors (Lipinski definition) is 2. The Bertz CT molecular complexity index is 322. The molecule has 0 aromatic carbocycles. The fraction of sp³-hybridized carbons (Fsp3) is 0.667. The molecule has 0 fully saturated rings. The number of carbonyl (C=O) groups is 1. The Hall–Kier alpha value is -1.17. The zero-order valence-electron chi connectivity index (χ0n) is 9.20. The molecule has 0 unspecified atom stereocenters. The molecular weight excluding hydrogens is 212 g/mol. The van der Waals surface area contributed by atoms with E-state index in [2.05, 4.69) is 20.8 Å². The molecule has 15 heavy (non-hydrogen) atoms. The van der Waals surface area contributed by atoms with Crippen molar-refractivity contribution in [1.29, 1.82) is 0 Å². The molecule has 2 N–H and O–H groups in total. The standard InChI is InChI=1S/C9H16N4OS/c1-4-6(5-2)11-7(14)8-12-13-9(10-3)15-8/h6H,4-5H2,1-3H3,(H,10,13)(H,11,14). The molecule has 0 saturated carbocycles. The summed E-state index contributed by atoms with van der Waals surface area (Å²) in [6, 6.07) is 0.222. The van der Waals surface area contributed by atoms with Gasteiger partial charge in [-0.1, -0.05) is 25.2 Å². The molecule has 0 atom stereocenters. The number of anilines is 1. The zero-order valence-corrected chi connectivity index (χ0v) is 10.0. The Labute approximate surface area is 93.3 Å². The van der Waals surface area contributed by atoms with Crippen molar-refractivity contribution in [3.05, 3.63) is 5.01 Å². The van der Waals surface area contributed by atoms with Gasteiger partial charge in [0.25, 0.3) is 5.91 Å². The molecule has 0 aliphatic rings. The largest absolute Gasteiger partial charge is 0.363 e. The molecule has 1 rings (SSSR count). The minimum absolute atomic E-state index is 0.136. The molecule has 0 aliphatic carbocycles. The van der Waals surface area contributed by atoms with E-state index in [0.717, 1.165) is 12.8 Å².